The SMILES string of the molecule is ClCC#CCCCC1CO1. The van der Waals surface area contributed by atoms with Gasteiger partial charge in [0.05, 0.1) is 18.6 Å². The van der Waals surface area contributed by atoms with E-state index in [-0.39, 0.29) is 0 Å². The van der Waals surface area contributed by atoms with Crippen molar-refractivity contribution in [2.24, 2.45) is 0 Å². The standard InChI is InChI=1S/C8H11ClO/c9-6-4-2-1-3-5-8-7-10-8/h8H,1,3,5-7H2. The number of alkyl halides is 1. The molecule has 0 aliphatic carbocycles. The lowest BCUT2D eigenvalue weighted by Crippen LogP contribution is -1.83. The average molecular weight is 159 g/mol. The zero-order valence-electron chi connectivity index (χ0n) is 5.90. The number of epoxide rings is 1. The first-order valence-electron chi connectivity index (χ1n) is 3.57. The summed E-state index contributed by atoms with van der Waals surface area (Å²) in [6, 6.07) is 0. The second kappa shape index (κ2) is 4.60. The predicted molar refractivity (Wildman–Crippen MR) is 42.1 cm³/mol. The molecule has 0 radical (unpaired) electrons. The number of rotatable bonds is 3. The highest BCUT2D eigenvalue weighted by molar-refractivity contribution is 6.19. The molecule has 1 heterocycles. The molecule has 0 spiro atoms. The number of ether oxygens (including phenoxy) is 1. The van der Waals surface area contributed by atoms with Crippen LogP contribution in [-0.2, 0) is 4.74 Å². The normalized spacial score (nSPS) is 21.5. The Morgan fingerprint density at radius 2 is 2.30 bits per heavy atom. The van der Waals surface area contributed by atoms with Crippen LogP contribution in [0.2, 0.25) is 0 Å². The fourth-order valence-electron chi connectivity index (χ4n) is 0.788. The molecule has 0 N–H and O–H groups in total. The van der Waals surface area contributed by atoms with E-state index in [1.54, 1.807) is 0 Å². The van der Waals surface area contributed by atoms with E-state index >= 15 is 0 Å². The third kappa shape index (κ3) is 3.76. The van der Waals surface area contributed by atoms with E-state index in [1.807, 2.05) is 0 Å². The molecule has 1 rings (SSSR count). The third-order valence-electron chi connectivity index (χ3n) is 1.42. The summed E-state index contributed by atoms with van der Waals surface area (Å²) in [4.78, 5) is 0. The van der Waals surface area contributed by atoms with Crippen LogP contribution in [0.25, 0.3) is 0 Å². The van der Waals surface area contributed by atoms with Gasteiger partial charge in [0.25, 0.3) is 0 Å². The van der Waals surface area contributed by atoms with Crippen molar-refractivity contribution < 1.29 is 4.74 Å². The van der Waals surface area contributed by atoms with Gasteiger partial charge in [0, 0.05) is 6.42 Å². The van der Waals surface area contributed by atoms with E-state index in [2.05, 4.69) is 11.8 Å². The first-order chi connectivity index (χ1) is 4.93. The van der Waals surface area contributed by atoms with Gasteiger partial charge in [0.1, 0.15) is 0 Å². The van der Waals surface area contributed by atoms with Gasteiger partial charge in [-0.2, -0.15) is 0 Å². The molecule has 0 saturated carbocycles. The highest BCUT2D eigenvalue weighted by Gasteiger charge is 2.20. The number of hydrogen-bond donors (Lipinski definition) is 0. The van der Waals surface area contributed by atoms with Crippen LogP contribution < -0.4 is 0 Å². The summed E-state index contributed by atoms with van der Waals surface area (Å²) in [5, 5.41) is 0. The van der Waals surface area contributed by atoms with Crippen molar-refractivity contribution in [3.05, 3.63) is 0 Å². The Hall–Kier alpha value is -0.190. The van der Waals surface area contributed by atoms with E-state index in [0.29, 0.717) is 12.0 Å². The molecule has 0 aromatic heterocycles. The maximum Gasteiger partial charge on any atom is 0.0835 e. The highest BCUT2D eigenvalue weighted by Crippen LogP contribution is 2.15. The molecule has 1 unspecified atom stereocenters. The van der Waals surface area contributed by atoms with Crippen LogP contribution in [-0.4, -0.2) is 18.6 Å². The summed E-state index contributed by atoms with van der Waals surface area (Å²) < 4.78 is 5.04. The van der Waals surface area contributed by atoms with Gasteiger partial charge in [-0.3, -0.25) is 0 Å². The van der Waals surface area contributed by atoms with Gasteiger partial charge in [-0.15, -0.1) is 17.5 Å². The molecule has 1 nitrogen and oxygen atoms in total. The Kier molecular flexibility index (Phi) is 3.64. The van der Waals surface area contributed by atoms with Crippen molar-refractivity contribution in [2.45, 2.75) is 25.4 Å². The quantitative estimate of drug-likeness (QED) is 0.264. The Labute approximate surface area is 66.7 Å². The van der Waals surface area contributed by atoms with Gasteiger partial charge in [0.2, 0.25) is 0 Å². The van der Waals surface area contributed by atoms with Gasteiger partial charge < -0.3 is 4.74 Å². The smallest absolute Gasteiger partial charge is 0.0835 e. The molecule has 56 valence electrons. The summed E-state index contributed by atoms with van der Waals surface area (Å²) in [5.74, 6) is 6.26. The second-order valence-electron chi connectivity index (χ2n) is 2.33. The number of halogens is 1. The van der Waals surface area contributed by atoms with Crippen molar-refractivity contribution in [3.8, 4) is 11.8 Å². The molecule has 0 aromatic rings. The topological polar surface area (TPSA) is 12.5 Å². The van der Waals surface area contributed by atoms with Crippen molar-refractivity contribution in [1.82, 2.24) is 0 Å². The van der Waals surface area contributed by atoms with Gasteiger partial charge >= 0.3 is 0 Å². The van der Waals surface area contributed by atoms with Crippen molar-refractivity contribution in [3.63, 3.8) is 0 Å². The molecule has 1 saturated heterocycles. The fourth-order valence-corrected chi connectivity index (χ4v) is 0.883. The van der Waals surface area contributed by atoms with Crippen molar-refractivity contribution >= 4 is 11.6 Å². The zero-order chi connectivity index (χ0) is 7.23. The maximum absolute atomic E-state index is 5.36. The van der Waals surface area contributed by atoms with Gasteiger partial charge in [-0.1, -0.05) is 5.92 Å². The van der Waals surface area contributed by atoms with E-state index in [0.717, 1.165) is 25.9 Å². The molecule has 0 bridgehead atoms. The second-order valence-corrected chi connectivity index (χ2v) is 2.60. The molecule has 1 aliphatic heterocycles. The molecule has 0 aromatic carbocycles. The summed E-state index contributed by atoms with van der Waals surface area (Å²) in [7, 11) is 0. The molecule has 10 heavy (non-hydrogen) atoms. The van der Waals surface area contributed by atoms with Gasteiger partial charge in [0.15, 0.2) is 0 Å². The summed E-state index contributed by atoms with van der Waals surface area (Å²) in [6.07, 6.45) is 3.83. The third-order valence-corrected chi connectivity index (χ3v) is 1.56. The minimum absolute atomic E-state index is 0.458. The molecule has 0 amide bonds. The van der Waals surface area contributed by atoms with Crippen LogP contribution in [0.1, 0.15) is 19.3 Å². The Morgan fingerprint density at radius 3 is 2.90 bits per heavy atom. The van der Waals surface area contributed by atoms with Gasteiger partial charge in [-0.05, 0) is 12.8 Å². The average Bonchev–Trinajstić information content (AvgIpc) is 2.71. The lowest BCUT2D eigenvalue weighted by molar-refractivity contribution is 0.393. The van der Waals surface area contributed by atoms with Crippen molar-refractivity contribution in [2.75, 3.05) is 12.5 Å². The Balaban J connectivity index is 1.84. The monoisotopic (exact) mass is 158 g/mol. The summed E-state index contributed by atoms with van der Waals surface area (Å²) in [5.41, 5.74) is 0. The molecular formula is C8H11ClO. The van der Waals surface area contributed by atoms with Crippen molar-refractivity contribution in [1.29, 1.82) is 0 Å². The molecule has 1 fully saturated rings. The largest absolute Gasteiger partial charge is 0.373 e. The summed E-state index contributed by atoms with van der Waals surface area (Å²) >= 11 is 5.36. The van der Waals surface area contributed by atoms with E-state index in [9.17, 15) is 0 Å². The lowest BCUT2D eigenvalue weighted by Gasteiger charge is -1.87. The van der Waals surface area contributed by atoms with E-state index in [1.165, 1.54) is 0 Å². The zero-order valence-corrected chi connectivity index (χ0v) is 6.66. The summed E-state index contributed by atoms with van der Waals surface area (Å²) in [6.45, 7) is 0.961. The van der Waals surface area contributed by atoms with Crippen LogP contribution in [0.4, 0.5) is 0 Å². The van der Waals surface area contributed by atoms with E-state index < -0.39 is 0 Å². The van der Waals surface area contributed by atoms with E-state index in [4.69, 9.17) is 16.3 Å². The molecular weight excluding hydrogens is 148 g/mol. The van der Waals surface area contributed by atoms with Crippen LogP contribution >= 0.6 is 11.6 Å². The minimum atomic E-state index is 0.458. The predicted octanol–water partition coefficient (Wildman–Crippen LogP) is 1.80. The van der Waals surface area contributed by atoms with Crippen LogP contribution in [0, 0.1) is 11.8 Å². The van der Waals surface area contributed by atoms with Crippen LogP contribution in [0.5, 0.6) is 0 Å². The Bertz CT molecular complexity index is 141. The first kappa shape index (κ1) is 7.91. The van der Waals surface area contributed by atoms with Gasteiger partial charge in [-0.25, -0.2) is 0 Å². The fraction of sp³-hybridized carbons (Fsp3) is 0.750. The molecule has 1 atom stereocenters. The van der Waals surface area contributed by atoms with Crippen LogP contribution in [0.3, 0.4) is 0 Å². The Morgan fingerprint density at radius 1 is 1.50 bits per heavy atom. The number of hydrogen-bond acceptors (Lipinski definition) is 1. The minimum Gasteiger partial charge on any atom is -0.373 e. The first-order valence-corrected chi connectivity index (χ1v) is 4.10. The molecule has 2 heteroatoms. The highest BCUT2D eigenvalue weighted by atomic mass is 35.5. The molecule has 1 aliphatic rings. The maximum atomic E-state index is 5.36. The lowest BCUT2D eigenvalue weighted by atomic mass is 10.2. The number of unbranched alkanes of at least 4 members (excludes halogenated alkanes) is 1. The van der Waals surface area contributed by atoms with Crippen LogP contribution in [0.15, 0.2) is 0 Å².